The normalized spacial score (nSPS) is 10.3. The summed E-state index contributed by atoms with van der Waals surface area (Å²) in [6.07, 6.45) is 0. The van der Waals surface area contributed by atoms with Crippen molar-refractivity contribution in [1.82, 2.24) is 0 Å². The highest BCUT2D eigenvalue weighted by atomic mass is 32.1. The van der Waals surface area contributed by atoms with Gasteiger partial charge in [0.1, 0.15) is 16.3 Å². The molecule has 3 aromatic rings. The minimum atomic E-state index is -0.624. The third-order valence-corrected chi connectivity index (χ3v) is 5.09. The average molecular weight is 426 g/mol. The molecule has 0 bridgehead atoms. The lowest BCUT2D eigenvalue weighted by atomic mass is 10.0. The molecule has 0 aliphatic heterocycles. The summed E-state index contributed by atoms with van der Waals surface area (Å²) in [5, 5.41) is 15.8. The molecule has 0 saturated heterocycles. The van der Waals surface area contributed by atoms with Crippen LogP contribution in [0.2, 0.25) is 0 Å². The number of nitrogens with one attached hydrogen (secondary N) is 1. The number of thiophene rings is 1. The van der Waals surface area contributed by atoms with Crippen LogP contribution in [0.5, 0.6) is 5.75 Å². The molecule has 9 heteroatoms. The van der Waals surface area contributed by atoms with E-state index in [1.54, 1.807) is 42.6 Å². The highest BCUT2D eigenvalue weighted by Gasteiger charge is 2.24. The van der Waals surface area contributed by atoms with Gasteiger partial charge in [-0.3, -0.25) is 14.9 Å². The molecule has 8 nitrogen and oxygen atoms in total. The Morgan fingerprint density at radius 3 is 2.63 bits per heavy atom. The number of benzene rings is 2. The SMILES string of the molecule is CCOC(=O)c1c(-c2cccc([N+](=O)[O-])c2)csc1NC(=O)c1cccc(OC)c1. The quantitative estimate of drug-likeness (QED) is 0.331. The molecule has 0 unspecified atom stereocenters. The number of nitro groups is 1. The second-order valence-corrected chi connectivity index (χ2v) is 6.95. The summed E-state index contributed by atoms with van der Waals surface area (Å²) in [5.74, 6) is -0.523. The van der Waals surface area contributed by atoms with E-state index in [0.717, 1.165) is 11.3 Å². The molecule has 1 aromatic heterocycles. The largest absolute Gasteiger partial charge is 0.497 e. The van der Waals surface area contributed by atoms with Gasteiger partial charge in [-0.1, -0.05) is 18.2 Å². The van der Waals surface area contributed by atoms with Crippen LogP contribution < -0.4 is 10.1 Å². The van der Waals surface area contributed by atoms with E-state index in [0.29, 0.717) is 27.4 Å². The Bertz CT molecular complexity index is 1110. The van der Waals surface area contributed by atoms with E-state index in [-0.39, 0.29) is 17.9 Å². The molecule has 2 aromatic carbocycles. The van der Waals surface area contributed by atoms with Crippen LogP contribution in [0, 0.1) is 10.1 Å². The average Bonchev–Trinajstić information content (AvgIpc) is 3.17. The maximum atomic E-state index is 12.7. The van der Waals surface area contributed by atoms with Crippen LogP contribution >= 0.6 is 11.3 Å². The first-order valence-corrected chi connectivity index (χ1v) is 9.81. The standard InChI is InChI=1S/C21H18N2O6S/c1-3-29-21(25)18-17(13-6-4-8-15(10-13)23(26)27)12-30-20(18)22-19(24)14-7-5-9-16(11-14)28-2/h4-12H,3H2,1-2H3,(H,22,24). The van der Waals surface area contributed by atoms with Gasteiger partial charge in [-0.2, -0.15) is 0 Å². The van der Waals surface area contributed by atoms with E-state index in [1.807, 2.05) is 0 Å². The molecule has 3 rings (SSSR count). The summed E-state index contributed by atoms with van der Waals surface area (Å²) in [6, 6.07) is 12.5. The summed E-state index contributed by atoms with van der Waals surface area (Å²) in [6.45, 7) is 1.82. The fourth-order valence-electron chi connectivity index (χ4n) is 2.79. The van der Waals surface area contributed by atoms with Gasteiger partial charge in [-0.25, -0.2) is 4.79 Å². The Hall–Kier alpha value is -3.72. The lowest BCUT2D eigenvalue weighted by Crippen LogP contribution is -2.14. The first kappa shape index (κ1) is 21.0. The van der Waals surface area contributed by atoms with Gasteiger partial charge in [0.2, 0.25) is 0 Å². The van der Waals surface area contributed by atoms with Crippen LogP contribution in [0.1, 0.15) is 27.6 Å². The third kappa shape index (κ3) is 4.47. The number of hydrogen-bond donors (Lipinski definition) is 1. The summed E-state index contributed by atoms with van der Waals surface area (Å²) in [5.41, 5.74) is 1.33. The van der Waals surface area contributed by atoms with Gasteiger partial charge in [-0.05, 0) is 30.7 Å². The second-order valence-electron chi connectivity index (χ2n) is 6.07. The molecule has 1 heterocycles. The molecule has 1 amide bonds. The molecule has 0 aliphatic rings. The number of nitrogens with zero attached hydrogens (tertiary/aromatic N) is 1. The number of methoxy groups -OCH3 is 1. The van der Waals surface area contributed by atoms with Crippen LogP contribution in [0.25, 0.3) is 11.1 Å². The van der Waals surface area contributed by atoms with E-state index in [1.165, 1.54) is 25.3 Å². The molecule has 0 aliphatic carbocycles. The van der Waals surface area contributed by atoms with E-state index in [4.69, 9.17) is 9.47 Å². The Labute approximate surface area is 176 Å². The monoisotopic (exact) mass is 426 g/mol. The Morgan fingerprint density at radius 1 is 1.17 bits per heavy atom. The summed E-state index contributed by atoms with van der Waals surface area (Å²) < 4.78 is 10.3. The Balaban J connectivity index is 2.01. The molecule has 154 valence electrons. The molecule has 0 spiro atoms. The predicted molar refractivity (Wildman–Crippen MR) is 113 cm³/mol. The number of ether oxygens (including phenoxy) is 2. The molecule has 0 atom stereocenters. The van der Waals surface area contributed by atoms with Crippen molar-refractivity contribution in [3.05, 3.63) is 75.2 Å². The molecule has 0 radical (unpaired) electrons. The maximum absolute atomic E-state index is 12.7. The van der Waals surface area contributed by atoms with Crippen LogP contribution in [-0.2, 0) is 4.74 Å². The number of rotatable bonds is 7. The highest BCUT2D eigenvalue weighted by molar-refractivity contribution is 7.15. The van der Waals surface area contributed by atoms with Crippen LogP contribution in [-0.4, -0.2) is 30.5 Å². The van der Waals surface area contributed by atoms with E-state index < -0.39 is 16.8 Å². The van der Waals surface area contributed by atoms with Crippen LogP contribution in [0.4, 0.5) is 10.7 Å². The second kappa shape index (κ2) is 9.19. The van der Waals surface area contributed by atoms with Crippen molar-refractivity contribution in [2.24, 2.45) is 0 Å². The summed E-state index contributed by atoms with van der Waals surface area (Å²) in [7, 11) is 1.50. The minimum absolute atomic E-state index is 0.101. The Morgan fingerprint density at radius 2 is 1.93 bits per heavy atom. The van der Waals surface area contributed by atoms with Gasteiger partial charge in [0.05, 0.1) is 18.6 Å². The molecular formula is C21H18N2O6S. The number of carbonyl (C=O) groups is 2. The number of hydrogen-bond acceptors (Lipinski definition) is 7. The number of anilines is 1. The van der Waals surface area contributed by atoms with Crippen LogP contribution in [0.3, 0.4) is 0 Å². The molecule has 0 saturated carbocycles. The van der Waals surface area contributed by atoms with Crippen molar-refractivity contribution < 1.29 is 24.0 Å². The van der Waals surface area contributed by atoms with Gasteiger partial charge in [-0.15, -0.1) is 11.3 Å². The van der Waals surface area contributed by atoms with Crippen molar-refractivity contribution in [1.29, 1.82) is 0 Å². The van der Waals surface area contributed by atoms with Gasteiger partial charge < -0.3 is 14.8 Å². The van der Waals surface area contributed by atoms with Crippen molar-refractivity contribution in [3.63, 3.8) is 0 Å². The Kier molecular flexibility index (Phi) is 6.43. The zero-order valence-electron chi connectivity index (χ0n) is 16.2. The van der Waals surface area contributed by atoms with Gasteiger partial charge in [0, 0.05) is 28.6 Å². The topological polar surface area (TPSA) is 108 Å². The van der Waals surface area contributed by atoms with Crippen molar-refractivity contribution in [2.75, 3.05) is 19.0 Å². The molecule has 1 N–H and O–H groups in total. The molecule has 30 heavy (non-hydrogen) atoms. The van der Waals surface area contributed by atoms with Gasteiger partial charge in [0.15, 0.2) is 0 Å². The third-order valence-electron chi connectivity index (χ3n) is 4.20. The zero-order chi connectivity index (χ0) is 21.7. The van der Waals surface area contributed by atoms with Crippen molar-refractivity contribution in [3.8, 4) is 16.9 Å². The minimum Gasteiger partial charge on any atom is -0.497 e. The van der Waals surface area contributed by atoms with Crippen molar-refractivity contribution >= 4 is 33.9 Å². The number of carbonyl (C=O) groups excluding carboxylic acids is 2. The lowest BCUT2D eigenvalue weighted by Gasteiger charge is -2.09. The van der Waals surface area contributed by atoms with Crippen molar-refractivity contribution in [2.45, 2.75) is 6.92 Å². The predicted octanol–water partition coefficient (Wildman–Crippen LogP) is 4.76. The lowest BCUT2D eigenvalue weighted by molar-refractivity contribution is -0.384. The summed E-state index contributed by atoms with van der Waals surface area (Å²) >= 11 is 1.14. The van der Waals surface area contributed by atoms with E-state index in [2.05, 4.69) is 5.32 Å². The number of nitro benzene ring substituents is 1. The molecule has 0 fully saturated rings. The first-order valence-electron chi connectivity index (χ1n) is 8.93. The number of amides is 1. The first-order chi connectivity index (χ1) is 14.4. The zero-order valence-corrected chi connectivity index (χ0v) is 17.0. The maximum Gasteiger partial charge on any atom is 0.341 e. The fraction of sp³-hybridized carbons (Fsp3) is 0.143. The fourth-order valence-corrected chi connectivity index (χ4v) is 3.75. The van der Waals surface area contributed by atoms with Gasteiger partial charge in [0.25, 0.3) is 11.6 Å². The van der Waals surface area contributed by atoms with E-state index >= 15 is 0 Å². The van der Waals surface area contributed by atoms with E-state index in [9.17, 15) is 19.7 Å². The number of esters is 1. The van der Waals surface area contributed by atoms with Crippen LogP contribution in [0.15, 0.2) is 53.9 Å². The number of non-ortho nitro benzene ring substituents is 1. The smallest absolute Gasteiger partial charge is 0.341 e. The highest BCUT2D eigenvalue weighted by Crippen LogP contribution is 2.37. The molecular weight excluding hydrogens is 408 g/mol. The van der Waals surface area contributed by atoms with Gasteiger partial charge >= 0.3 is 5.97 Å². The summed E-state index contributed by atoms with van der Waals surface area (Å²) in [4.78, 5) is 35.9.